The van der Waals surface area contributed by atoms with Gasteiger partial charge >= 0.3 is 5.97 Å². The SMILES string of the molecule is COC(=O)C(C)(C)CC(C)O.N. The molecule has 0 aromatic heterocycles. The van der Waals surface area contributed by atoms with Crippen molar-refractivity contribution >= 4 is 5.97 Å². The molecule has 0 aliphatic rings. The molecular formula is C8H19NO3. The zero-order chi connectivity index (χ0) is 9.07. The molecule has 0 spiro atoms. The molecule has 0 bridgehead atoms. The predicted octanol–water partition coefficient (Wildman–Crippen LogP) is 1.12. The first-order valence-corrected chi connectivity index (χ1v) is 3.66. The fourth-order valence-electron chi connectivity index (χ4n) is 1.10. The van der Waals surface area contributed by atoms with Crippen LogP contribution in [-0.4, -0.2) is 24.3 Å². The third-order valence-electron chi connectivity index (χ3n) is 1.54. The zero-order valence-corrected chi connectivity index (χ0v) is 8.26. The Morgan fingerprint density at radius 2 is 2.00 bits per heavy atom. The summed E-state index contributed by atoms with van der Waals surface area (Å²) in [7, 11) is 1.35. The van der Waals surface area contributed by atoms with Gasteiger partial charge in [0.05, 0.1) is 18.6 Å². The first kappa shape index (κ1) is 13.9. The Balaban J connectivity index is 0. The number of ether oxygens (including phenoxy) is 1. The fourth-order valence-corrected chi connectivity index (χ4v) is 1.10. The quantitative estimate of drug-likeness (QED) is 0.633. The fraction of sp³-hybridized carbons (Fsp3) is 0.875. The van der Waals surface area contributed by atoms with E-state index in [1.807, 2.05) is 0 Å². The molecule has 0 saturated heterocycles. The summed E-state index contributed by atoms with van der Waals surface area (Å²) in [5.41, 5.74) is -0.580. The number of aliphatic hydroxyl groups is 1. The minimum absolute atomic E-state index is 0. The lowest BCUT2D eigenvalue weighted by atomic mass is 9.87. The molecule has 0 radical (unpaired) electrons. The average molecular weight is 177 g/mol. The van der Waals surface area contributed by atoms with E-state index >= 15 is 0 Å². The Hall–Kier alpha value is -0.610. The largest absolute Gasteiger partial charge is 0.469 e. The number of rotatable bonds is 3. The smallest absolute Gasteiger partial charge is 0.311 e. The normalized spacial score (nSPS) is 13.1. The van der Waals surface area contributed by atoms with E-state index in [4.69, 9.17) is 5.11 Å². The number of methoxy groups -OCH3 is 1. The Morgan fingerprint density at radius 3 is 2.25 bits per heavy atom. The van der Waals surface area contributed by atoms with Gasteiger partial charge in [-0.15, -0.1) is 0 Å². The molecule has 74 valence electrons. The Morgan fingerprint density at radius 1 is 1.58 bits per heavy atom. The van der Waals surface area contributed by atoms with E-state index in [-0.39, 0.29) is 12.1 Å². The highest BCUT2D eigenvalue weighted by Gasteiger charge is 2.29. The van der Waals surface area contributed by atoms with Crippen LogP contribution in [0.5, 0.6) is 0 Å². The number of hydrogen-bond acceptors (Lipinski definition) is 4. The molecule has 4 heteroatoms. The highest BCUT2D eigenvalue weighted by Crippen LogP contribution is 2.23. The van der Waals surface area contributed by atoms with Gasteiger partial charge in [-0.1, -0.05) is 0 Å². The van der Waals surface area contributed by atoms with Gasteiger partial charge in [0, 0.05) is 0 Å². The lowest BCUT2D eigenvalue weighted by Gasteiger charge is -2.22. The maximum atomic E-state index is 11.0. The number of esters is 1. The molecule has 4 nitrogen and oxygen atoms in total. The molecule has 0 rings (SSSR count). The molecule has 0 aliphatic carbocycles. The Kier molecular flexibility index (Phi) is 5.94. The van der Waals surface area contributed by atoms with Gasteiger partial charge in [-0.05, 0) is 27.2 Å². The summed E-state index contributed by atoms with van der Waals surface area (Å²) in [6, 6.07) is 0. The van der Waals surface area contributed by atoms with E-state index in [1.54, 1.807) is 20.8 Å². The van der Waals surface area contributed by atoms with E-state index in [1.165, 1.54) is 7.11 Å². The summed E-state index contributed by atoms with van der Waals surface area (Å²) in [5, 5.41) is 9.02. The van der Waals surface area contributed by atoms with Gasteiger partial charge in [0.1, 0.15) is 0 Å². The van der Waals surface area contributed by atoms with Gasteiger partial charge in [-0.3, -0.25) is 4.79 Å². The second kappa shape index (κ2) is 5.11. The van der Waals surface area contributed by atoms with E-state index in [9.17, 15) is 4.79 Å². The summed E-state index contributed by atoms with van der Waals surface area (Å²) in [6.07, 6.45) is -0.0382. The molecule has 0 aromatic rings. The highest BCUT2D eigenvalue weighted by molar-refractivity contribution is 5.75. The molecule has 0 fully saturated rings. The van der Waals surface area contributed by atoms with Crippen LogP contribution in [0.25, 0.3) is 0 Å². The summed E-state index contributed by atoms with van der Waals surface area (Å²) < 4.78 is 4.57. The molecule has 12 heavy (non-hydrogen) atoms. The van der Waals surface area contributed by atoms with Gasteiger partial charge < -0.3 is 16.0 Å². The van der Waals surface area contributed by atoms with Gasteiger partial charge in [0.2, 0.25) is 0 Å². The number of hydrogen-bond donors (Lipinski definition) is 2. The third-order valence-corrected chi connectivity index (χ3v) is 1.54. The van der Waals surface area contributed by atoms with Crippen LogP contribution >= 0.6 is 0 Å². The van der Waals surface area contributed by atoms with Crippen molar-refractivity contribution in [2.75, 3.05) is 7.11 Å². The minimum Gasteiger partial charge on any atom is -0.469 e. The number of carbonyl (C=O) groups excluding carboxylic acids is 1. The second-order valence-corrected chi connectivity index (χ2v) is 3.43. The van der Waals surface area contributed by atoms with Crippen molar-refractivity contribution in [3.63, 3.8) is 0 Å². The lowest BCUT2D eigenvalue weighted by molar-refractivity contribution is -0.152. The van der Waals surface area contributed by atoms with Crippen LogP contribution in [0.3, 0.4) is 0 Å². The van der Waals surface area contributed by atoms with Crippen molar-refractivity contribution in [1.29, 1.82) is 0 Å². The summed E-state index contributed by atoms with van der Waals surface area (Å²) in [5.74, 6) is -0.279. The second-order valence-electron chi connectivity index (χ2n) is 3.43. The molecule has 0 aliphatic heterocycles. The molecule has 0 heterocycles. The molecule has 0 amide bonds. The van der Waals surface area contributed by atoms with Crippen LogP contribution in [-0.2, 0) is 9.53 Å². The molecule has 1 unspecified atom stereocenters. The number of aliphatic hydroxyl groups excluding tert-OH is 1. The van der Waals surface area contributed by atoms with Gasteiger partial charge in [0.25, 0.3) is 0 Å². The van der Waals surface area contributed by atoms with Crippen molar-refractivity contribution in [3.8, 4) is 0 Å². The van der Waals surface area contributed by atoms with Crippen LogP contribution in [0.1, 0.15) is 27.2 Å². The van der Waals surface area contributed by atoms with Crippen molar-refractivity contribution in [3.05, 3.63) is 0 Å². The maximum absolute atomic E-state index is 11.0. The molecule has 4 N–H and O–H groups in total. The van der Waals surface area contributed by atoms with E-state index < -0.39 is 11.5 Å². The Bertz CT molecular complexity index is 143. The number of carbonyl (C=O) groups is 1. The maximum Gasteiger partial charge on any atom is 0.311 e. The van der Waals surface area contributed by atoms with Gasteiger partial charge in [-0.2, -0.15) is 0 Å². The molecular weight excluding hydrogens is 158 g/mol. The lowest BCUT2D eigenvalue weighted by Crippen LogP contribution is -2.29. The minimum atomic E-state index is -0.580. The van der Waals surface area contributed by atoms with Crippen LogP contribution in [0.15, 0.2) is 0 Å². The monoisotopic (exact) mass is 177 g/mol. The zero-order valence-electron chi connectivity index (χ0n) is 8.26. The molecule has 0 aromatic carbocycles. The van der Waals surface area contributed by atoms with E-state index in [2.05, 4.69) is 4.74 Å². The van der Waals surface area contributed by atoms with Crippen LogP contribution in [0.2, 0.25) is 0 Å². The van der Waals surface area contributed by atoms with Crippen LogP contribution in [0.4, 0.5) is 0 Å². The van der Waals surface area contributed by atoms with Crippen LogP contribution in [0, 0.1) is 5.41 Å². The Labute approximate surface area is 73.5 Å². The summed E-state index contributed by atoms with van der Waals surface area (Å²) >= 11 is 0. The first-order chi connectivity index (χ1) is 4.90. The van der Waals surface area contributed by atoms with Crippen molar-refractivity contribution < 1.29 is 14.6 Å². The van der Waals surface area contributed by atoms with Crippen molar-refractivity contribution in [2.24, 2.45) is 5.41 Å². The standard InChI is InChI=1S/C8H16O3.H3N/c1-6(9)5-8(2,3)7(10)11-4;/h6,9H,5H2,1-4H3;1H3. The molecule has 1 atom stereocenters. The van der Waals surface area contributed by atoms with Crippen molar-refractivity contribution in [2.45, 2.75) is 33.3 Å². The summed E-state index contributed by atoms with van der Waals surface area (Å²) in [4.78, 5) is 11.0. The van der Waals surface area contributed by atoms with Gasteiger partial charge in [-0.25, -0.2) is 0 Å². The predicted molar refractivity (Wildman–Crippen MR) is 47.1 cm³/mol. The van der Waals surface area contributed by atoms with Gasteiger partial charge in [0.15, 0.2) is 0 Å². The topological polar surface area (TPSA) is 81.5 Å². The van der Waals surface area contributed by atoms with Crippen LogP contribution < -0.4 is 6.15 Å². The molecule has 0 saturated carbocycles. The highest BCUT2D eigenvalue weighted by atomic mass is 16.5. The average Bonchev–Trinajstić information content (AvgIpc) is 1.83. The van der Waals surface area contributed by atoms with E-state index in [0.717, 1.165) is 0 Å². The van der Waals surface area contributed by atoms with E-state index in [0.29, 0.717) is 6.42 Å². The van der Waals surface area contributed by atoms with Crippen molar-refractivity contribution in [1.82, 2.24) is 6.15 Å². The summed E-state index contributed by atoms with van der Waals surface area (Å²) in [6.45, 7) is 5.17. The first-order valence-electron chi connectivity index (χ1n) is 3.66. The third kappa shape index (κ3) is 4.31.